The van der Waals surface area contributed by atoms with Gasteiger partial charge < -0.3 is 10.4 Å². The largest absolute Gasteiger partial charge is 0.477 e. The maximum atomic E-state index is 11.7. The van der Waals surface area contributed by atoms with E-state index in [-0.39, 0.29) is 11.1 Å². The van der Waals surface area contributed by atoms with Gasteiger partial charge in [0.1, 0.15) is 5.70 Å². The van der Waals surface area contributed by atoms with Crippen LogP contribution in [0.4, 0.5) is 0 Å². The van der Waals surface area contributed by atoms with Crippen molar-refractivity contribution in [1.29, 1.82) is 0 Å². The number of carboxylic acid groups (broad SMARTS) is 1. The first-order valence-corrected chi connectivity index (χ1v) is 5.56. The van der Waals surface area contributed by atoms with Crippen LogP contribution in [0.3, 0.4) is 0 Å². The molecule has 4 heteroatoms. The van der Waals surface area contributed by atoms with E-state index >= 15 is 0 Å². The summed E-state index contributed by atoms with van der Waals surface area (Å²) in [6, 6.07) is 7.06. The van der Waals surface area contributed by atoms with E-state index in [1.54, 1.807) is 12.1 Å². The Morgan fingerprint density at radius 3 is 2.06 bits per heavy atom. The molecule has 0 unspecified atom stereocenters. The molecule has 0 heterocycles. The molecule has 0 aliphatic heterocycles. The standard InChI is InChI=1S/C14H17NO3/c1-9(13(17)18)15-12(16)10-5-7-11(8-6-10)14(2,3)4/h5-8H,1H2,2-4H3,(H,15,16)(H,17,18). The smallest absolute Gasteiger partial charge is 0.351 e. The first kappa shape index (κ1) is 14.0. The van der Waals surface area contributed by atoms with Crippen molar-refractivity contribution in [1.82, 2.24) is 5.32 Å². The van der Waals surface area contributed by atoms with E-state index in [1.807, 2.05) is 12.1 Å². The number of aliphatic carboxylic acids is 1. The third-order valence-corrected chi connectivity index (χ3v) is 2.54. The molecular formula is C14H17NO3. The van der Waals surface area contributed by atoms with Crippen molar-refractivity contribution in [3.8, 4) is 0 Å². The number of nitrogens with one attached hydrogen (secondary N) is 1. The summed E-state index contributed by atoms with van der Waals surface area (Å²) in [5, 5.41) is 10.8. The fraction of sp³-hybridized carbons (Fsp3) is 0.286. The molecule has 0 bridgehead atoms. The summed E-state index contributed by atoms with van der Waals surface area (Å²) in [6.07, 6.45) is 0. The topological polar surface area (TPSA) is 66.4 Å². The number of carbonyl (C=O) groups excluding carboxylic acids is 1. The second-order valence-electron chi connectivity index (χ2n) is 5.07. The van der Waals surface area contributed by atoms with Gasteiger partial charge in [0.05, 0.1) is 0 Å². The lowest BCUT2D eigenvalue weighted by Gasteiger charge is -2.19. The predicted molar refractivity (Wildman–Crippen MR) is 69.4 cm³/mol. The predicted octanol–water partition coefficient (Wildman–Crippen LogP) is 2.31. The van der Waals surface area contributed by atoms with E-state index in [9.17, 15) is 9.59 Å². The van der Waals surface area contributed by atoms with E-state index in [1.165, 1.54) is 0 Å². The summed E-state index contributed by atoms with van der Waals surface area (Å²) in [5.74, 6) is -1.71. The maximum absolute atomic E-state index is 11.7. The molecule has 0 aliphatic rings. The van der Waals surface area contributed by atoms with Crippen molar-refractivity contribution in [2.75, 3.05) is 0 Å². The van der Waals surface area contributed by atoms with Gasteiger partial charge in [0, 0.05) is 5.56 Å². The fourth-order valence-electron chi connectivity index (χ4n) is 1.38. The number of carboxylic acids is 1. The molecule has 0 aliphatic carbocycles. The Morgan fingerprint density at radius 1 is 1.17 bits per heavy atom. The number of rotatable bonds is 3. The SMILES string of the molecule is C=C(NC(=O)c1ccc(C(C)(C)C)cc1)C(=O)O. The van der Waals surface area contributed by atoms with Crippen molar-refractivity contribution in [3.05, 3.63) is 47.7 Å². The normalized spacial score (nSPS) is 10.8. The molecule has 0 aromatic heterocycles. The first-order chi connectivity index (χ1) is 8.21. The number of benzene rings is 1. The number of hydrogen-bond acceptors (Lipinski definition) is 2. The van der Waals surface area contributed by atoms with E-state index in [4.69, 9.17) is 5.11 Å². The van der Waals surface area contributed by atoms with E-state index in [2.05, 4.69) is 32.7 Å². The number of carbonyl (C=O) groups is 2. The highest BCUT2D eigenvalue weighted by atomic mass is 16.4. The van der Waals surface area contributed by atoms with E-state index < -0.39 is 11.9 Å². The van der Waals surface area contributed by atoms with Gasteiger partial charge in [0.2, 0.25) is 0 Å². The minimum atomic E-state index is -1.24. The van der Waals surface area contributed by atoms with Gasteiger partial charge in [-0.15, -0.1) is 0 Å². The Morgan fingerprint density at radius 2 is 1.67 bits per heavy atom. The molecule has 1 rings (SSSR count). The van der Waals surface area contributed by atoms with Crippen molar-refractivity contribution >= 4 is 11.9 Å². The fourth-order valence-corrected chi connectivity index (χ4v) is 1.38. The van der Waals surface area contributed by atoms with Crippen LogP contribution in [0.2, 0.25) is 0 Å². The minimum absolute atomic E-state index is 0.0136. The molecular weight excluding hydrogens is 230 g/mol. The maximum Gasteiger partial charge on any atom is 0.351 e. The van der Waals surface area contributed by atoms with Crippen LogP contribution in [0.1, 0.15) is 36.7 Å². The molecule has 0 radical (unpaired) electrons. The Kier molecular flexibility index (Phi) is 3.91. The number of hydrogen-bond donors (Lipinski definition) is 2. The van der Waals surface area contributed by atoms with Gasteiger partial charge in [-0.1, -0.05) is 39.5 Å². The highest BCUT2D eigenvalue weighted by molar-refractivity contribution is 6.00. The van der Waals surface area contributed by atoms with Gasteiger partial charge in [0.15, 0.2) is 0 Å². The van der Waals surface area contributed by atoms with E-state index in [0.29, 0.717) is 5.56 Å². The van der Waals surface area contributed by atoms with Crippen molar-refractivity contribution in [2.24, 2.45) is 0 Å². The summed E-state index contributed by atoms with van der Waals surface area (Å²) < 4.78 is 0. The zero-order valence-corrected chi connectivity index (χ0v) is 10.8. The zero-order chi connectivity index (χ0) is 13.9. The molecule has 96 valence electrons. The monoisotopic (exact) mass is 247 g/mol. The molecule has 2 N–H and O–H groups in total. The average molecular weight is 247 g/mol. The van der Waals surface area contributed by atoms with Gasteiger partial charge in [0.25, 0.3) is 5.91 Å². The Hall–Kier alpha value is -2.10. The molecule has 0 saturated carbocycles. The summed E-state index contributed by atoms with van der Waals surface area (Å²) in [4.78, 5) is 22.2. The van der Waals surface area contributed by atoms with Gasteiger partial charge >= 0.3 is 5.97 Å². The molecule has 0 fully saturated rings. The number of amides is 1. The van der Waals surface area contributed by atoms with Crippen LogP contribution in [0.25, 0.3) is 0 Å². The van der Waals surface area contributed by atoms with Gasteiger partial charge in [-0.25, -0.2) is 4.79 Å². The Labute approximate surface area is 106 Å². The third-order valence-electron chi connectivity index (χ3n) is 2.54. The highest BCUT2D eigenvalue weighted by Gasteiger charge is 2.15. The third kappa shape index (κ3) is 3.45. The van der Waals surface area contributed by atoms with Gasteiger partial charge in [-0.3, -0.25) is 4.79 Å². The van der Waals surface area contributed by atoms with Crippen LogP contribution in [0.5, 0.6) is 0 Å². The Balaban J connectivity index is 2.83. The summed E-state index contributed by atoms with van der Waals surface area (Å²) in [7, 11) is 0. The molecule has 0 atom stereocenters. The van der Waals surface area contributed by atoms with Crippen LogP contribution < -0.4 is 5.32 Å². The second-order valence-corrected chi connectivity index (χ2v) is 5.07. The van der Waals surface area contributed by atoms with Crippen molar-refractivity contribution in [2.45, 2.75) is 26.2 Å². The summed E-state index contributed by atoms with van der Waals surface area (Å²) in [6.45, 7) is 9.48. The van der Waals surface area contributed by atoms with Crippen LogP contribution in [0, 0.1) is 0 Å². The summed E-state index contributed by atoms with van der Waals surface area (Å²) in [5.41, 5.74) is 1.20. The second kappa shape index (κ2) is 5.04. The Bertz CT molecular complexity index is 481. The van der Waals surface area contributed by atoms with Gasteiger partial charge in [-0.05, 0) is 23.1 Å². The lowest BCUT2D eigenvalue weighted by molar-refractivity contribution is -0.132. The molecule has 1 amide bonds. The minimum Gasteiger partial charge on any atom is -0.477 e. The molecule has 1 aromatic rings. The first-order valence-electron chi connectivity index (χ1n) is 5.56. The molecule has 1 aromatic carbocycles. The van der Waals surface area contributed by atoms with Crippen molar-refractivity contribution in [3.63, 3.8) is 0 Å². The average Bonchev–Trinajstić information content (AvgIpc) is 2.27. The van der Waals surface area contributed by atoms with Crippen LogP contribution in [0.15, 0.2) is 36.5 Å². The highest BCUT2D eigenvalue weighted by Crippen LogP contribution is 2.22. The zero-order valence-electron chi connectivity index (χ0n) is 10.8. The van der Waals surface area contributed by atoms with Crippen LogP contribution >= 0.6 is 0 Å². The van der Waals surface area contributed by atoms with Crippen LogP contribution in [-0.4, -0.2) is 17.0 Å². The van der Waals surface area contributed by atoms with Crippen molar-refractivity contribution < 1.29 is 14.7 Å². The van der Waals surface area contributed by atoms with Crippen LogP contribution in [-0.2, 0) is 10.2 Å². The molecule has 18 heavy (non-hydrogen) atoms. The lowest BCUT2D eigenvalue weighted by atomic mass is 9.87. The van der Waals surface area contributed by atoms with E-state index in [0.717, 1.165) is 5.56 Å². The summed E-state index contributed by atoms with van der Waals surface area (Å²) >= 11 is 0. The quantitative estimate of drug-likeness (QED) is 0.805. The molecule has 0 spiro atoms. The van der Waals surface area contributed by atoms with Gasteiger partial charge in [-0.2, -0.15) is 0 Å². The lowest BCUT2D eigenvalue weighted by Crippen LogP contribution is -2.26. The molecule has 4 nitrogen and oxygen atoms in total. The molecule has 0 saturated heterocycles.